The van der Waals surface area contributed by atoms with E-state index in [-0.39, 0.29) is 5.82 Å². The van der Waals surface area contributed by atoms with E-state index in [0.717, 1.165) is 48.6 Å². The van der Waals surface area contributed by atoms with Gasteiger partial charge in [-0.2, -0.15) is 0 Å². The molecular formula is C27H30FNO2. The predicted molar refractivity (Wildman–Crippen MR) is 123 cm³/mol. The summed E-state index contributed by atoms with van der Waals surface area (Å²) in [6.45, 7) is 4.19. The molecule has 0 radical (unpaired) electrons. The highest BCUT2D eigenvalue weighted by atomic mass is 19.1. The standard InChI is InChI=1S/C27H30FNO2/c28-25-11-9-24(10-12-25)26-17-21(14-16-30-19-23-7-4-15-29-18-23)8-13-27(26)31-20-22-5-2-1-3-6-22/h1-3,5-6,8-13,17,23,29H,4,7,14-16,18-20H2. The van der Waals surface area contributed by atoms with Crippen molar-refractivity contribution in [2.24, 2.45) is 5.92 Å². The maximum absolute atomic E-state index is 13.5. The minimum absolute atomic E-state index is 0.239. The Morgan fingerprint density at radius 2 is 1.77 bits per heavy atom. The molecule has 4 heteroatoms. The number of halogens is 1. The third-order valence-electron chi connectivity index (χ3n) is 5.72. The summed E-state index contributed by atoms with van der Waals surface area (Å²) in [6.07, 6.45) is 3.32. The minimum Gasteiger partial charge on any atom is -0.488 e. The Labute approximate surface area is 184 Å². The van der Waals surface area contributed by atoms with Crippen LogP contribution >= 0.6 is 0 Å². The summed E-state index contributed by atoms with van der Waals surface area (Å²) < 4.78 is 25.5. The number of nitrogens with one attached hydrogen (secondary N) is 1. The summed E-state index contributed by atoms with van der Waals surface area (Å²) in [5, 5.41) is 3.43. The van der Waals surface area contributed by atoms with Gasteiger partial charge in [0.25, 0.3) is 0 Å². The molecule has 1 saturated heterocycles. The lowest BCUT2D eigenvalue weighted by molar-refractivity contribution is 0.0921. The van der Waals surface area contributed by atoms with Crippen LogP contribution in [0.4, 0.5) is 4.39 Å². The van der Waals surface area contributed by atoms with Crippen molar-refractivity contribution < 1.29 is 13.9 Å². The SMILES string of the molecule is Fc1ccc(-c2cc(CCOCC3CCCNC3)ccc2OCc2ccccc2)cc1. The van der Waals surface area contributed by atoms with Gasteiger partial charge in [-0.15, -0.1) is 0 Å². The first-order valence-corrected chi connectivity index (χ1v) is 11.1. The molecule has 162 valence electrons. The van der Waals surface area contributed by atoms with E-state index in [1.165, 1.54) is 30.5 Å². The van der Waals surface area contributed by atoms with E-state index in [0.29, 0.717) is 19.1 Å². The van der Waals surface area contributed by atoms with Crippen LogP contribution in [0.2, 0.25) is 0 Å². The van der Waals surface area contributed by atoms with Crippen molar-refractivity contribution in [1.82, 2.24) is 5.32 Å². The lowest BCUT2D eigenvalue weighted by Gasteiger charge is -2.22. The first-order chi connectivity index (χ1) is 15.3. The Morgan fingerprint density at radius 3 is 2.55 bits per heavy atom. The summed E-state index contributed by atoms with van der Waals surface area (Å²) in [6, 6.07) is 22.9. The Bertz CT molecular complexity index is 937. The van der Waals surface area contributed by atoms with Crippen LogP contribution in [0.3, 0.4) is 0 Å². The van der Waals surface area contributed by atoms with Crippen molar-refractivity contribution in [1.29, 1.82) is 0 Å². The van der Waals surface area contributed by atoms with E-state index < -0.39 is 0 Å². The Balaban J connectivity index is 1.43. The first kappa shape index (κ1) is 21.5. The van der Waals surface area contributed by atoms with Gasteiger partial charge >= 0.3 is 0 Å². The van der Waals surface area contributed by atoms with Gasteiger partial charge in [-0.3, -0.25) is 0 Å². The molecule has 1 aliphatic heterocycles. The van der Waals surface area contributed by atoms with Crippen molar-refractivity contribution >= 4 is 0 Å². The van der Waals surface area contributed by atoms with E-state index in [9.17, 15) is 4.39 Å². The normalized spacial score (nSPS) is 16.2. The quantitative estimate of drug-likeness (QED) is 0.456. The van der Waals surface area contributed by atoms with Crippen LogP contribution in [0.25, 0.3) is 11.1 Å². The third-order valence-corrected chi connectivity index (χ3v) is 5.72. The Kier molecular flexibility index (Phi) is 7.70. The van der Waals surface area contributed by atoms with E-state index >= 15 is 0 Å². The molecule has 0 aromatic heterocycles. The monoisotopic (exact) mass is 419 g/mol. The Morgan fingerprint density at radius 1 is 0.935 bits per heavy atom. The number of hydrogen-bond acceptors (Lipinski definition) is 3. The lowest BCUT2D eigenvalue weighted by Crippen LogP contribution is -2.32. The highest BCUT2D eigenvalue weighted by Crippen LogP contribution is 2.32. The molecule has 0 saturated carbocycles. The van der Waals surface area contributed by atoms with Crippen molar-refractivity contribution in [3.63, 3.8) is 0 Å². The van der Waals surface area contributed by atoms with Gasteiger partial charge < -0.3 is 14.8 Å². The second kappa shape index (κ2) is 11.1. The summed E-state index contributed by atoms with van der Waals surface area (Å²) in [5.41, 5.74) is 4.22. The minimum atomic E-state index is -0.239. The number of hydrogen-bond donors (Lipinski definition) is 1. The molecule has 1 fully saturated rings. The van der Waals surface area contributed by atoms with E-state index in [4.69, 9.17) is 9.47 Å². The number of rotatable bonds is 9. The molecule has 3 nitrogen and oxygen atoms in total. The maximum atomic E-state index is 13.5. The van der Waals surface area contributed by atoms with Gasteiger partial charge in [0.05, 0.1) is 13.2 Å². The second-order valence-electron chi connectivity index (χ2n) is 8.15. The molecule has 0 amide bonds. The molecule has 1 heterocycles. The molecule has 31 heavy (non-hydrogen) atoms. The van der Waals surface area contributed by atoms with E-state index in [1.54, 1.807) is 12.1 Å². The van der Waals surface area contributed by atoms with E-state index in [2.05, 4.69) is 17.4 Å². The molecule has 1 aliphatic rings. The van der Waals surface area contributed by atoms with Crippen LogP contribution in [0.1, 0.15) is 24.0 Å². The first-order valence-electron chi connectivity index (χ1n) is 11.1. The molecular weight excluding hydrogens is 389 g/mol. The zero-order chi connectivity index (χ0) is 21.3. The van der Waals surface area contributed by atoms with Gasteiger partial charge in [-0.25, -0.2) is 4.39 Å². The van der Waals surface area contributed by atoms with Crippen LogP contribution < -0.4 is 10.1 Å². The van der Waals surface area contributed by atoms with Gasteiger partial charge in [0.15, 0.2) is 0 Å². The van der Waals surface area contributed by atoms with Crippen LogP contribution in [-0.4, -0.2) is 26.3 Å². The zero-order valence-corrected chi connectivity index (χ0v) is 17.9. The highest BCUT2D eigenvalue weighted by molar-refractivity contribution is 5.71. The fourth-order valence-corrected chi connectivity index (χ4v) is 3.96. The number of piperidine rings is 1. The number of ether oxygens (including phenoxy) is 2. The van der Waals surface area contributed by atoms with Gasteiger partial charge in [0.2, 0.25) is 0 Å². The number of benzene rings is 3. The maximum Gasteiger partial charge on any atom is 0.127 e. The lowest BCUT2D eigenvalue weighted by atomic mass is 10.00. The van der Waals surface area contributed by atoms with Gasteiger partial charge in [-0.05, 0) is 72.7 Å². The van der Waals surface area contributed by atoms with Crippen molar-refractivity contribution in [2.75, 3.05) is 26.3 Å². The second-order valence-corrected chi connectivity index (χ2v) is 8.15. The molecule has 1 unspecified atom stereocenters. The van der Waals surface area contributed by atoms with Gasteiger partial charge in [0, 0.05) is 12.1 Å². The summed E-state index contributed by atoms with van der Waals surface area (Å²) in [4.78, 5) is 0. The van der Waals surface area contributed by atoms with Crippen LogP contribution in [-0.2, 0) is 17.8 Å². The van der Waals surface area contributed by atoms with Crippen LogP contribution in [0, 0.1) is 11.7 Å². The average Bonchev–Trinajstić information content (AvgIpc) is 2.83. The summed E-state index contributed by atoms with van der Waals surface area (Å²) >= 11 is 0. The van der Waals surface area contributed by atoms with Crippen LogP contribution in [0.15, 0.2) is 72.8 Å². The van der Waals surface area contributed by atoms with E-state index in [1.807, 2.05) is 36.4 Å². The summed E-state index contributed by atoms with van der Waals surface area (Å²) in [7, 11) is 0. The smallest absolute Gasteiger partial charge is 0.127 e. The Hall–Kier alpha value is -2.69. The zero-order valence-electron chi connectivity index (χ0n) is 17.9. The molecule has 3 aromatic carbocycles. The molecule has 4 rings (SSSR count). The molecule has 1 N–H and O–H groups in total. The van der Waals surface area contributed by atoms with Crippen molar-refractivity contribution in [2.45, 2.75) is 25.9 Å². The summed E-state index contributed by atoms with van der Waals surface area (Å²) in [5.74, 6) is 1.18. The van der Waals surface area contributed by atoms with Crippen molar-refractivity contribution in [3.8, 4) is 16.9 Å². The molecule has 0 bridgehead atoms. The van der Waals surface area contributed by atoms with Gasteiger partial charge in [0.1, 0.15) is 18.2 Å². The topological polar surface area (TPSA) is 30.5 Å². The molecule has 1 atom stereocenters. The van der Waals surface area contributed by atoms with Crippen molar-refractivity contribution in [3.05, 3.63) is 89.7 Å². The highest BCUT2D eigenvalue weighted by Gasteiger charge is 2.13. The third kappa shape index (κ3) is 6.39. The molecule has 0 spiro atoms. The molecule has 3 aromatic rings. The fraction of sp³-hybridized carbons (Fsp3) is 0.333. The average molecular weight is 420 g/mol. The largest absolute Gasteiger partial charge is 0.488 e. The fourth-order valence-electron chi connectivity index (χ4n) is 3.96. The molecule has 0 aliphatic carbocycles. The van der Waals surface area contributed by atoms with Gasteiger partial charge in [-0.1, -0.05) is 48.5 Å². The predicted octanol–water partition coefficient (Wildman–Crippen LogP) is 5.63. The van der Waals surface area contributed by atoms with Crippen LogP contribution in [0.5, 0.6) is 5.75 Å².